The van der Waals surface area contributed by atoms with E-state index in [4.69, 9.17) is 21.2 Å². The predicted octanol–water partition coefficient (Wildman–Crippen LogP) is 4.43. The molecule has 0 atom stereocenters. The number of nitrogens with zero attached hydrogens (tertiary/aromatic N) is 1. The van der Waals surface area contributed by atoms with Crippen LogP contribution in [0.1, 0.15) is 57.8 Å². The lowest BCUT2D eigenvalue weighted by Gasteiger charge is -2.14. The van der Waals surface area contributed by atoms with Crippen LogP contribution >= 0.6 is 22.9 Å². The predicted molar refractivity (Wildman–Crippen MR) is 111 cm³/mol. The number of carbonyl (C=O) groups is 3. The fourth-order valence-electron chi connectivity index (χ4n) is 3.01. The van der Waals surface area contributed by atoms with Gasteiger partial charge in [0.25, 0.3) is 0 Å². The Labute approximate surface area is 176 Å². The van der Waals surface area contributed by atoms with Gasteiger partial charge in [-0.05, 0) is 43.9 Å². The molecule has 9 heteroatoms. The number of ether oxygens (including phenoxy) is 1. The van der Waals surface area contributed by atoms with Gasteiger partial charge in [0, 0.05) is 6.92 Å². The normalized spacial score (nSPS) is 14.2. The van der Waals surface area contributed by atoms with Gasteiger partial charge < -0.3 is 14.9 Å². The van der Waals surface area contributed by atoms with E-state index in [1.165, 1.54) is 18.3 Å². The van der Waals surface area contributed by atoms with E-state index in [-0.39, 0.29) is 23.1 Å². The van der Waals surface area contributed by atoms with Crippen LogP contribution in [0.2, 0.25) is 5.02 Å². The SMILES string of the molecule is CCOC(=O)c1c(NC(C)=O)sc2c1CCC/C2=N\OC(=O)c1ccccc1Cl. The van der Waals surface area contributed by atoms with Crippen LogP contribution in [0, 0.1) is 0 Å². The Kier molecular flexibility index (Phi) is 6.66. The lowest BCUT2D eigenvalue weighted by Crippen LogP contribution is -2.16. The zero-order valence-electron chi connectivity index (χ0n) is 15.9. The molecule has 1 aliphatic carbocycles. The van der Waals surface area contributed by atoms with E-state index in [1.54, 1.807) is 31.2 Å². The highest BCUT2D eigenvalue weighted by Crippen LogP contribution is 2.39. The second kappa shape index (κ2) is 9.19. The Hall–Kier alpha value is -2.71. The molecule has 3 rings (SSSR count). The fourth-order valence-corrected chi connectivity index (χ4v) is 4.51. The Balaban J connectivity index is 1.94. The van der Waals surface area contributed by atoms with E-state index in [9.17, 15) is 14.4 Å². The molecule has 1 heterocycles. The molecule has 0 aliphatic heterocycles. The van der Waals surface area contributed by atoms with Crippen molar-refractivity contribution in [1.82, 2.24) is 0 Å². The summed E-state index contributed by atoms with van der Waals surface area (Å²) in [5.41, 5.74) is 1.84. The first-order valence-electron chi connectivity index (χ1n) is 9.05. The van der Waals surface area contributed by atoms with Gasteiger partial charge in [0.2, 0.25) is 5.91 Å². The minimum absolute atomic E-state index is 0.215. The molecule has 152 valence electrons. The number of nitrogens with one attached hydrogen (secondary N) is 1. The van der Waals surface area contributed by atoms with Gasteiger partial charge in [0.05, 0.1) is 33.3 Å². The lowest BCUT2D eigenvalue weighted by atomic mass is 9.94. The Morgan fingerprint density at radius 1 is 1.21 bits per heavy atom. The van der Waals surface area contributed by atoms with E-state index in [0.29, 0.717) is 34.0 Å². The molecule has 0 radical (unpaired) electrons. The van der Waals surface area contributed by atoms with Crippen LogP contribution in [0.3, 0.4) is 0 Å². The number of hydrogen-bond acceptors (Lipinski definition) is 7. The summed E-state index contributed by atoms with van der Waals surface area (Å²) in [6, 6.07) is 6.54. The van der Waals surface area contributed by atoms with Crippen molar-refractivity contribution in [2.45, 2.75) is 33.1 Å². The highest BCUT2D eigenvalue weighted by molar-refractivity contribution is 7.19. The number of oxime groups is 1. The second-order valence-electron chi connectivity index (χ2n) is 6.27. The fraction of sp³-hybridized carbons (Fsp3) is 0.300. The highest BCUT2D eigenvalue weighted by Gasteiger charge is 2.30. The number of esters is 1. The van der Waals surface area contributed by atoms with Crippen LogP contribution in [0.5, 0.6) is 0 Å². The topological polar surface area (TPSA) is 94.1 Å². The van der Waals surface area contributed by atoms with Crippen LogP contribution < -0.4 is 5.32 Å². The number of thiophene rings is 1. The Morgan fingerprint density at radius 2 is 1.97 bits per heavy atom. The van der Waals surface area contributed by atoms with Gasteiger partial charge in [-0.3, -0.25) is 4.79 Å². The third kappa shape index (κ3) is 4.65. The van der Waals surface area contributed by atoms with Crippen molar-refractivity contribution >= 4 is 51.5 Å². The second-order valence-corrected chi connectivity index (χ2v) is 7.69. The van der Waals surface area contributed by atoms with Crippen molar-refractivity contribution in [3.63, 3.8) is 0 Å². The molecule has 1 aliphatic rings. The molecule has 0 fully saturated rings. The standard InChI is InChI=1S/C20H19ClN2O5S/c1-3-27-20(26)16-13-8-6-10-15(17(13)29-18(16)22-11(2)24)23-28-19(25)12-7-4-5-9-14(12)21/h4-5,7,9H,3,6,8,10H2,1-2H3,(H,22,24)/b23-15+. The number of amides is 1. The minimum Gasteiger partial charge on any atom is -0.462 e. The van der Waals surface area contributed by atoms with E-state index >= 15 is 0 Å². The first kappa shape index (κ1) is 21.0. The largest absolute Gasteiger partial charge is 0.462 e. The number of fused-ring (bicyclic) bond motifs is 1. The quantitative estimate of drug-likeness (QED) is 0.426. The number of rotatable bonds is 5. The van der Waals surface area contributed by atoms with Crippen LogP contribution in [-0.2, 0) is 20.8 Å². The monoisotopic (exact) mass is 434 g/mol. The molecule has 0 saturated heterocycles. The number of anilines is 1. The van der Waals surface area contributed by atoms with Crippen molar-refractivity contribution in [3.8, 4) is 0 Å². The summed E-state index contributed by atoms with van der Waals surface area (Å²) in [5, 5.41) is 7.41. The molecule has 1 aromatic carbocycles. The molecule has 2 aromatic rings. The molecule has 1 aromatic heterocycles. The van der Waals surface area contributed by atoms with Crippen molar-refractivity contribution in [3.05, 3.63) is 50.9 Å². The van der Waals surface area contributed by atoms with E-state index in [1.807, 2.05) is 0 Å². The highest BCUT2D eigenvalue weighted by atomic mass is 35.5. The lowest BCUT2D eigenvalue weighted by molar-refractivity contribution is -0.114. The molecule has 0 unspecified atom stereocenters. The zero-order valence-corrected chi connectivity index (χ0v) is 17.5. The van der Waals surface area contributed by atoms with Crippen LogP contribution in [-0.4, -0.2) is 30.2 Å². The molecule has 1 N–H and O–H groups in total. The third-order valence-corrected chi connectivity index (χ3v) is 5.74. The van der Waals surface area contributed by atoms with Gasteiger partial charge in [-0.2, -0.15) is 0 Å². The van der Waals surface area contributed by atoms with Gasteiger partial charge >= 0.3 is 11.9 Å². The van der Waals surface area contributed by atoms with Gasteiger partial charge in [-0.15, -0.1) is 11.3 Å². The van der Waals surface area contributed by atoms with E-state index in [2.05, 4.69) is 10.5 Å². The summed E-state index contributed by atoms with van der Waals surface area (Å²) >= 11 is 7.24. The summed E-state index contributed by atoms with van der Waals surface area (Å²) in [4.78, 5) is 42.1. The van der Waals surface area contributed by atoms with Gasteiger partial charge in [0.1, 0.15) is 5.00 Å². The molecule has 0 saturated carbocycles. The van der Waals surface area contributed by atoms with Crippen molar-refractivity contribution in [1.29, 1.82) is 0 Å². The zero-order chi connectivity index (χ0) is 21.0. The van der Waals surface area contributed by atoms with Crippen molar-refractivity contribution in [2.75, 3.05) is 11.9 Å². The molecular weight excluding hydrogens is 416 g/mol. The van der Waals surface area contributed by atoms with Crippen LogP contribution in [0.25, 0.3) is 0 Å². The Bertz CT molecular complexity index is 999. The average Bonchev–Trinajstić information content (AvgIpc) is 3.04. The summed E-state index contributed by atoms with van der Waals surface area (Å²) in [7, 11) is 0. The smallest absolute Gasteiger partial charge is 0.367 e. The van der Waals surface area contributed by atoms with Crippen molar-refractivity contribution < 1.29 is 24.0 Å². The average molecular weight is 435 g/mol. The molecule has 7 nitrogen and oxygen atoms in total. The molecular formula is C20H19ClN2O5S. The molecule has 0 spiro atoms. The van der Waals surface area contributed by atoms with Crippen molar-refractivity contribution in [2.24, 2.45) is 5.16 Å². The number of halogens is 1. The van der Waals surface area contributed by atoms with Crippen LogP contribution in [0.15, 0.2) is 29.4 Å². The molecule has 29 heavy (non-hydrogen) atoms. The first-order chi connectivity index (χ1) is 13.9. The maximum Gasteiger partial charge on any atom is 0.367 e. The number of benzene rings is 1. The summed E-state index contributed by atoms with van der Waals surface area (Å²) < 4.78 is 5.16. The minimum atomic E-state index is -0.667. The maximum absolute atomic E-state index is 12.5. The van der Waals surface area contributed by atoms with Crippen LogP contribution in [0.4, 0.5) is 5.00 Å². The number of hydrogen-bond donors (Lipinski definition) is 1. The summed E-state index contributed by atoms with van der Waals surface area (Å²) in [6.45, 7) is 3.31. The van der Waals surface area contributed by atoms with E-state index < -0.39 is 11.9 Å². The Morgan fingerprint density at radius 3 is 2.66 bits per heavy atom. The summed E-state index contributed by atoms with van der Waals surface area (Å²) in [5.74, 6) is -1.46. The van der Waals surface area contributed by atoms with E-state index in [0.717, 1.165) is 12.0 Å². The molecule has 0 bridgehead atoms. The third-order valence-electron chi connectivity index (χ3n) is 4.21. The maximum atomic E-state index is 12.5. The first-order valence-corrected chi connectivity index (χ1v) is 10.2. The molecule has 1 amide bonds. The number of carbonyl (C=O) groups excluding carboxylic acids is 3. The van der Waals surface area contributed by atoms with Gasteiger partial charge in [-0.1, -0.05) is 28.9 Å². The van der Waals surface area contributed by atoms with Gasteiger partial charge in [-0.25, -0.2) is 9.59 Å². The van der Waals surface area contributed by atoms with Gasteiger partial charge in [0.15, 0.2) is 0 Å². The summed E-state index contributed by atoms with van der Waals surface area (Å²) in [6.07, 6.45) is 1.93.